The maximum absolute atomic E-state index is 13.6. The summed E-state index contributed by atoms with van der Waals surface area (Å²) in [5.74, 6) is 0.921. The molecule has 0 spiro atoms. The molecule has 1 amide bonds. The highest BCUT2D eigenvalue weighted by atomic mass is 32.2. The van der Waals surface area contributed by atoms with Crippen molar-refractivity contribution in [1.29, 1.82) is 0 Å². The van der Waals surface area contributed by atoms with Crippen LogP contribution in [-0.4, -0.2) is 74.7 Å². The Labute approximate surface area is 213 Å². The van der Waals surface area contributed by atoms with Gasteiger partial charge in [0.2, 0.25) is 10.0 Å². The number of benzene rings is 2. The second-order valence-corrected chi connectivity index (χ2v) is 12.1. The molecule has 3 aliphatic rings. The molecule has 5 rings (SSSR count). The van der Waals surface area contributed by atoms with Crippen molar-refractivity contribution in [3.8, 4) is 5.75 Å². The summed E-state index contributed by atoms with van der Waals surface area (Å²) < 4.78 is 34.1. The summed E-state index contributed by atoms with van der Waals surface area (Å²) in [6, 6.07) is 14.7. The molecular formula is C27H35N3O5S. The standard InChI is InChI=1S/C27H35N3O5S/c1-29(24(20-5-3-2-4-6-20)18-30-14-13-22(31)17-30)27(32)26-11-9-21-15-23(10-12-25(21)35-26)36(33,34)28-16-19-7-8-19/h2-6,10,12,15,19,22,24,26,28,31H,7-9,11,13-14,16-18H2,1H3/t22-,24+,26-/m0/s1. The molecule has 0 aromatic heterocycles. The lowest BCUT2D eigenvalue weighted by Crippen LogP contribution is -2.46. The van der Waals surface area contributed by atoms with Crippen LogP contribution in [0.3, 0.4) is 0 Å². The number of hydrogen-bond donors (Lipinski definition) is 2. The highest BCUT2D eigenvalue weighted by Gasteiger charge is 2.34. The molecule has 0 radical (unpaired) electrons. The average Bonchev–Trinajstić information content (AvgIpc) is 3.64. The van der Waals surface area contributed by atoms with Gasteiger partial charge in [0.1, 0.15) is 5.75 Å². The zero-order valence-corrected chi connectivity index (χ0v) is 21.5. The summed E-state index contributed by atoms with van der Waals surface area (Å²) in [6.07, 6.45) is 3.01. The number of likely N-dealkylation sites (N-methyl/N-ethyl adjacent to an activating group) is 1. The second kappa shape index (κ2) is 10.5. The molecule has 1 saturated carbocycles. The van der Waals surface area contributed by atoms with E-state index >= 15 is 0 Å². The summed E-state index contributed by atoms with van der Waals surface area (Å²) in [5, 5.41) is 9.97. The van der Waals surface area contributed by atoms with Gasteiger partial charge in [0.25, 0.3) is 5.91 Å². The minimum absolute atomic E-state index is 0.1000. The van der Waals surface area contributed by atoms with Crippen LogP contribution in [0.1, 0.15) is 42.9 Å². The Balaban J connectivity index is 1.28. The van der Waals surface area contributed by atoms with E-state index in [0.717, 1.165) is 36.9 Å². The van der Waals surface area contributed by atoms with Gasteiger partial charge in [-0.05, 0) is 67.3 Å². The first-order valence-corrected chi connectivity index (χ1v) is 14.3. The van der Waals surface area contributed by atoms with E-state index in [9.17, 15) is 18.3 Å². The van der Waals surface area contributed by atoms with Crippen LogP contribution in [0.5, 0.6) is 5.75 Å². The highest BCUT2D eigenvalue weighted by Crippen LogP contribution is 2.33. The predicted molar refractivity (Wildman–Crippen MR) is 136 cm³/mol. The summed E-state index contributed by atoms with van der Waals surface area (Å²) in [6.45, 7) is 2.54. The Hall–Kier alpha value is -2.46. The van der Waals surface area contributed by atoms with Gasteiger partial charge in [-0.1, -0.05) is 30.3 Å². The number of fused-ring (bicyclic) bond motifs is 1. The van der Waals surface area contributed by atoms with Crippen molar-refractivity contribution < 1.29 is 23.1 Å². The van der Waals surface area contributed by atoms with E-state index in [1.807, 2.05) is 37.4 Å². The van der Waals surface area contributed by atoms with Crippen LogP contribution in [0.15, 0.2) is 53.4 Å². The van der Waals surface area contributed by atoms with Crippen LogP contribution in [0.2, 0.25) is 0 Å². The number of hydrogen-bond acceptors (Lipinski definition) is 6. The molecule has 8 nitrogen and oxygen atoms in total. The predicted octanol–water partition coefficient (Wildman–Crippen LogP) is 2.33. The van der Waals surface area contributed by atoms with Crippen LogP contribution in [-0.2, 0) is 21.2 Å². The fraction of sp³-hybridized carbons (Fsp3) is 0.519. The van der Waals surface area contributed by atoms with Crippen molar-refractivity contribution >= 4 is 15.9 Å². The molecule has 0 unspecified atom stereocenters. The quantitative estimate of drug-likeness (QED) is 0.534. The highest BCUT2D eigenvalue weighted by molar-refractivity contribution is 7.89. The van der Waals surface area contributed by atoms with Crippen LogP contribution < -0.4 is 9.46 Å². The Bertz CT molecular complexity index is 1190. The third-order valence-electron chi connectivity index (χ3n) is 7.50. The zero-order valence-electron chi connectivity index (χ0n) is 20.7. The van der Waals surface area contributed by atoms with E-state index in [1.54, 1.807) is 23.1 Å². The summed E-state index contributed by atoms with van der Waals surface area (Å²) in [5.41, 5.74) is 1.85. The van der Waals surface area contributed by atoms with Gasteiger partial charge in [0, 0.05) is 33.2 Å². The van der Waals surface area contributed by atoms with Gasteiger partial charge in [0.15, 0.2) is 6.10 Å². The van der Waals surface area contributed by atoms with E-state index in [1.165, 1.54) is 0 Å². The molecule has 0 bridgehead atoms. The lowest BCUT2D eigenvalue weighted by Gasteiger charge is -2.35. The Morgan fingerprint density at radius 2 is 1.94 bits per heavy atom. The van der Waals surface area contributed by atoms with Crippen molar-refractivity contribution in [2.45, 2.75) is 55.2 Å². The first-order chi connectivity index (χ1) is 17.3. The fourth-order valence-electron chi connectivity index (χ4n) is 5.07. The third-order valence-corrected chi connectivity index (χ3v) is 8.92. The number of nitrogens with one attached hydrogen (secondary N) is 1. The minimum atomic E-state index is -3.55. The number of sulfonamides is 1. The van der Waals surface area contributed by atoms with Gasteiger partial charge in [0.05, 0.1) is 17.0 Å². The molecule has 1 aliphatic carbocycles. The first-order valence-electron chi connectivity index (χ1n) is 12.8. The minimum Gasteiger partial charge on any atom is -0.480 e. The van der Waals surface area contributed by atoms with Crippen LogP contribution in [0.25, 0.3) is 0 Å². The molecular weight excluding hydrogens is 478 g/mol. The number of amides is 1. The molecule has 3 atom stereocenters. The van der Waals surface area contributed by atoms with Crippen LogP contribution in [0.4, 0.5) is 0 Å². The number of nitrogens with zero attached hydrogens (tertiary/aromatic N) is 2. The van der Waals surface area contributed by atoms with E-state index in [-0.39, 0.29) is 22.9 Å². The normalized spacial score (nSPS) is 23.1. The van der Waals surface area contributed by atoms with E-state index in [2.05, 4.69) is 9.62 Å². The van der Waals surface area contributed by atoms with Gasteiger partial charge >= 0.3 is 0 Å². The molecule has 36 heavy (non-hydrogen) atoms. The Morgan fingerprint density at radius 3 is 2.64 bits per heavy atom. The number of carbonyl (C=O) groups is 1. The largest absolute Gasteiger partial charge is 0.480 e. The van der Waals surface area contributed by atoms with Crippen LogP contribution >= 0.6 is 0 Å². The van der Waals surface area contributed by atoms with Crippen LogP contribution in [0, 0.1) is 5.92 Å². The molecule has 2 aromatic carbocycles. The van der Waals surface area contributed by atoms with Crippen molar-refractivity contribution in [3.05, 3.63) is 59.7 Å². The third kappa shape index (κ3) is 5.75. The average molecular weight is 514 g/mol. The van der Waals surface area contributed by atoms with Gasteiger partial charge < -0.3 is 14.7 Å². The zero-order chi connectivity index (χ0) is 25.3. The summed E-state index contributed by atoms with van der Waals surface area (Å²) in [7, 11) is -1.74. The van der Waals surface area contributed by atoms with Gasteiger partial charge in [-0.25, -0.2) is 13.1 Å². The Kier molecular flexibility index (Phi) is 7.35. The number of carbonyl (C=O) groups excluding carboxylic acids is 1. The van der Waals surface area contributed by atoms with Crippen molar-refractivity contribution in [2.75, 3.05) is 33.2 Å². The van der Waals surface area contributed by atoms with E-state index in [4.69, 9.17) is 4.74 Å². The summed E-state index contributed by atoms with van der Waals surface area (Å²) >= 11 is 0. The number of likely N-dealkylation sites (tertiary alicyclic amines) is 1. The number of rotatable bonds is 9. The van der Waals surface area contributed by atoms with Crippen molar-refractivity contribution in [2.24, 2.45) is 5.92 Å². The van der Waals surface area contributed by atoms with Gasteiger partial charge in [-0.3, -0.25) is 9.69 Å². The number of β-amino-alcohol motifs (C(OH)–C–C–N with tert-alkyl or cyclic N) is 1. The molecule has 2 aliphatic heterocycles. The smallest absolute Gasteiger partial charge is 0.263 e. The van der Waals surface area contributed by atoms with Crippen molar-refractivity contribution in [1.82, 2.24) is 14.5 Å². The molecule has 2 heterocycles. The molecule has 1 saturated heterocycles. The number of aryl methyl sites for hydroxylation is 1. The Morgan fingerprint density at radius 1 is 1.17 bits per heavy atom. The monoisotopic (exact) mass is 513 g/mol. The summed E-state index contributed by atoms with van der Waals surface area (Å²) in [4.78, 5) is 17.8. The van der Waals surface area contributed by atoms with E-state index in [0.29, 0.717) is 44.1 Å². The maximum atomic E-state index is 13.6. The number of aliphatic hydroxyl groups excluding tert-OH is 1. The second-order valence-electron chi connectivity index (χ2n) is 10.3. The molecule has 194 valence electrons. The SMILES string of the molecule is CN(C(=O)[C@@H]1CCc2cc(S(=O)(=O)NCC3CC3)ccc2O1)[C@H](CN1CC[C@H](O)C1)c1ccccc1. The lowest BCUT2D eigenvalue weighted by atomic mass is 10.00. The van der Waals surface area contributed by atoms with E-state index < -0.39 is 16.1 Å². The molecule has 2 fully saturated rings. The maximum Gasteiger partial charge on any atom is 0.263 e. The van der Waals surface area contributed by atoms with Crippen molar-refractivity contribution in [3.63, 3.8) is 0 Å². The lowest BCUT2D eigenvalue weighted by molar-refractivity contribution is -0.140. The first kappa shape index (κ1) is 25.2. The molecule has 9 heteroatoms. The molecule has 2 aromatic rings. The van der Waals surface area contributed by atoms with Gasteiger partial charge in [-0.15, -0.1) is 0 Å². The number of ether oxygens (including phenoxy) is 1. The molecule has 2 N–H and O–H groups in total. The topological polar surface area (TPSA) is 99.2 Å². The number of aliphatic hydroxyl groups is 1. The fourth-order valence-corrected chi connectivity index (χ4v) is 6.24. The van der Waals surface area contributed by atoms with Gasteiger partial charge in [-0.2, -0.15) is 0 Å².